The van der Waals surface area contributed by atoms with Crippen LogP contribution in [-0.2, 0) is 9.59 Å². The van der Waals surface area contributed by atoms with E-state index in [1.165, 1.54) is 30.6 Å². The van der Waals surface area contributed by atoms with Crippen LogP contribution in [-0.4, -0.2) is 45.0 Å². The van der Waals surface area contributed by atoms with Crippen LogP contribution in [0.25, 0.3) is 6.08 Å². The number of nitrogens with zero attached hydrogens (tertiary/aromatic N) is 1. The molecule has 1 saturated heterocycles. The van der Waals surface area contributed by atoms with Crippen molar-refractivity contribution in [1.82, 2.24) is 4.90 Å². The Kier molecular flexibility index (Phi) is 11.4. The summed E-state index contributed by atoms with van der Waals surface area (Å²) in [6, 6.07) is 4.59. The first kappa shape index (κ1) is 28.2. The van der Waals surface area contributed by atoms with Gasteiger partial charge in [0.05, 0.1) is 17.6 Å². The predicted octanol–water partition coefficient (Wildman–Crippen LogP) is 6.52. The molecule has 0 radical (unpaired) electrons. The van der Waals surface area contributed by atoms with Crippen LogP contribution < -0.4 is 9.47 Å². The number of unbranched alkanes of at least 4 members (excludes halogenated alkanes) is 4. The van der Waals surface area contributed by atoms with Gasteiger partial charge in [0.25, 0.3) is 5.91 Å². The average molecular weight is 508 g/mol. The Balaban J connectivity index is 2.16. The number of hydrogen-bond donors (Lipinski definition) is 1. The lowest BCUT2D eigenvalue weighted by Gasteiger charge is -2.26. The van der Waals surface area contributed by atoms with Gasteiger partial charge in [-0.2, -0.15) is 0 Å². The molecule has 2 unspecified atom stereocenters. The number of carboxylic acid groups (broad SMARTS) is 1. The fourth-order valence-corrected chi connectivity index (χ4v) is 5.19. The molecular formula is C26H37NO5S2. The Morgan fingerprint density at radius 2 is 1.85 bits per heavy atom. The summed E-state index contributed by atoms with van der Waals surface area (Å²) in [4.78, 5) is 26.3. The molecule has 6 nitrogen and oxygen atoms in total. The van der Waals surface area contributed by atoms with Gasteiger partial charge >= 0.3 is 5.97 Å². The number of thioether (sulfide) groups is 1. The maximum absolute atomic E-state index is 13.0. The Bertz CT molecular complexity index is 899. The van der Waals surface area contributed by atoms with Crippen LogP contribution in [0.2, 0.25) is 0 Å². The van der Waals surface area contributed by atoms with Crippen LogP contribution >= 0.6 is 24.0 Å². The van der Waals surface area contributed by atoms with Crippen LogP contribution in [0, 0.1) is 5.92 Å². The molecule has 1 aromatic carbocycles. The Morgan fingerprint density at radius 3 is 2.47 bits per heavy atom. The summed E-state index contributed by atoms with van der Waals surface area (Å²) in [7, 11) is 0. The summed E-state index contributed by atoms with van der Waals surface area (Å²) < 4.78 is 12.2. The van der Waals surface area contributed by atoms with Crippen LogP contribution in [0.4, 0.5) is 0 Å². The number of carboxylic acids is 1. The lowest BCUT2D eigenvalue weighted by atomic mass is 10.0. The second kappa shape index (κ2) is 13.7. The fraction of sp³-hybridized carbons (Fsp3) is 0.577. The molecule has 8 heteroatoms. The number of ether oxygens (including phenoxy) is 2. The SMILES string of the molecule is CCCCCCCC(C)Oc1ccc(/C=C2/SC(=S)N(C(C(=O)O)C(C)C)C2=O)cc1OCC. The molecule has 0 saturated carbocycles. The summed E-state index contributed by atoms with van der Waals surface area (Å²) in [5.74, 6) is -0.416. The molecule has 1 amide bonds. The number of benzene rings is 1. The standard InChI is InChI=1S/C26H37NO5S2/c1-6-8-9-10-11-12-18(5)32-20-14-13-19(15-21(20)31-7-2)16-22-24(28)27(26(33)34-22)23(17(3)4)25(29)30/h13-18,23H,6-12H2,1-5H3,(H,29,30)/b22-16+. The Hall–Kier alpha value is -2.06. The van der Waals surface area contributed by atoms with Gasteiger partial charge in [0.15, 0.2) is 11.5 Å². The van der Waals surface area contributed by atoms with Crippen molar-refractivity contribution in [2.75, 3.05) is 6.61 Å². The predicted molar refractivity (Wildman–Crippen MR) is 142 cm³/mol. The molecule has 0 bridgehead atoms. The van der Waals surface area contributed by atoms with Crippen molar-refractivity contribution in [1.29, 1.82) is 0 Å². The molecule has 2 atom stereocenters. The van der Waals surface area contributed by atoms with Crippen molar-refractivity contribution in [3.8, 4) is 11.5 Å². The minimum absolute atomic E-state index is 0.0759. The zero-order valence-electron chi connectivity index (χ0n) is 20.8. The number of carbonyl (C=O) groups is 2. The van der Waals surface area contributed by atoms with Gasteiger partial charge in [-0.3, -0.25) is 9.69 Å². The van der Waals surface area contributed by atoms with E-state index < -0.39 is 12.0 Å². The van der Waals surface area contributed by atoms with Gasteiger partial charge in [0.2, 0.25) is 0 Å². The minimum atomic E-state index is -1.06. The van der Waals surface area contributed by atoms with E-state index >= 15 is 0 Å². The molecule has 1 fully saturated rings. The first-order valence-electron chi connectivity index (χ1n) is 12.1. The zero-order chi connectivity index (χ0) is 25.3. The number of hydrogen-bond acceptors (Lipinski definition) is 6. The van der Waals surface area contributed by atoms with E-state index in [4.69, 9.17) is 21.7 Å². The number of amides is 1. The highest BCUT2D eigenvalue weighted by molar-refractivity contribution is 8.26. The van der Waals surface area contributed by atoms with Crippen molar-refractivity contribution in [3.63, 3.8) is 0 Å². The van der Waals surface area contributed by atoms with Crippen LogP contribution in [0.3, 0.4) is 0 Å². The van der Waals surface area contributed by atoms with Crippen molar-refractivity contribution in [3.05, 3.63) is 28.7 Å². The monoisotopic (exact) mass is 507 g/mol. The lowest BCUT2D eigenvalue weighted by molar-refractivity contribution is -0.146. The number of thiocarbonyl (C=S) groups is 1. The fourth-order valence-electron chi connectivity index (χ4n) is 3.86. The third kappa shape index (κ3) is 7.73. The third-order valence-electron chi connectivity index (χ3n) is 5.59. The summed E-state index contributed by atoms with van der Waals surface area (Å²) in [6.45, 7) is 10.2. The molecule has 1 aliphatic rings. The van der Waals surface area contributed by atoms with E-state index in [-0.39, 0.29) is 22.2 Å². The quantitative estimate of drug-likeness (QED) is 0.174. The van der Waals surface area contributed by atoms with Crippen LogP contribution in [0.1, 0.15) is 78.7 Å². The minimum Gasteiger partial charge on any atom is -0.490 e. The highest BCUT2D eigenvalue weighted by atomic mass is 32.2. The molecule has 1 aliphatic heterocycles. The second-order valence-electron chi connectivity index (χ2n) is 8.85. The summed E-state index contributed by atoms with van der Waals surface area (Å²) >= 11 is 6.46. The van der Waals surface area contributed by atoms with Crippen molar-refractivity contribution in [2.24, 2.45) is 5.92 Å². The van der Waals surface area contributed by atoms with Gasteiger partial charge in [-0.1, -0.05) is 76.5 Å². The van der Waals surface area contributed by atoms with Crippen molar-refractivity contribution in [2.45, 2.75) is 85.3 Å². The van der Waals surface area contributed by atoms with Crippen LogP contribution in [0.5, 0.6) is 11.5 Å². The molecule has 2 rings (SSSR count). The number of aliphatic carboxylic acids is 1. The molecule has 1 heterocycles. The van der Waals surface area contributed by atoms with Crippen molar-refractivity contribution < 1.29 is 24.2 Å². The Morgan fingerprint density at radius 1 is 1.15 bits per heavy atom. The first-order chi connectivity index (χ1) is 16.2. The molecule has 0 aliphatic carbocycles. The maximum atomic E-state index is 13.0. The largest absolute Gasteiger partial charge is 0.490 e. The smallest absolute Gasteiger partial charge is 0.327 e. The third-order valence-corrected chi connectivity index (χ3v) is 6.92. The van der Waals surface area contributed by atoms with Gasteiger partial charge in [-0.15, -0.1) is 0 Å². The molecule has 1 aromatic rings. The lowest BCUT2D eigenvalue weighted by Crippen LogP contribution is -2.47. The molecule has 0 spiro atoms. The van der Waals surface area contributed by atoms with Gasteiger partial charge in [0, 0.05) is 0 Å². The van der Waals surface area contributed by atoms with E-state index in [0.717, 1.165) is 30.2 Å². The molecule has 34 heavy (non-hydrogen) atoms. The maximum Gasteiger partial charge on any atom is 0.327 e. The normalized spacial score (nSPS) is 16.9. The number of carbonyl (C=O) groups excluding carboxylic acids is 1. The summed E-state index contributed by atoms with van der Waals surface area (Å²) in [5.41, 5.74) is 0.764. The van der Waals surface area contributed by atoms with Gasteiger partial charge in [-0.05, 0) is 56.4 Å². The first-order valence-corrected chi connectivity index (χ1v) is 13.3. The van der Waals surface area contributed by atoms with E-state index in [0.29, 0.717) is 23.0 Å². The van der Waals surface area contributed by atoms with E-state index in [2.05, 4.69) is 13.8 Å². The van der Waals surface area contributed by atoms with E-state index in [1.807, 2.05) is 25.1 Å². The highest BCUT2D eigenvalue weighted by Crippen LogP contribution is 2.37. The second-order valence-corrected chi connectivity index (χ2v) is 10.5. The van der Waals surface area contributed by atoms with Crippen LogP contribution in [0.15, 0.2) is 23.1 Å². The zero-order valence-corrected chi connectivity index (χ0v) is 22.5. The number of rotatable bonds is 14. The Labute approximate surface area is 213 Å². The molecule has 1 N–H and O–H groups in total. The molecular weight excluding hydrogens is 470 g/mol. The topological polar surface area (TPSA) is 76.1 Å². The van der Waals surface area contributed by atoms with E-state index in [1.54, 1.807) is 19.9 Å². The highest BCUT2D eigenvalue weighted by Gasteiger charge is 2.41. The van der Waals surface area contributed by atoms with Crippen molar-refractivity contribution >= 4 is 46.3 Å². The van der Waals surface area contributed by atoms with E-state index in [9.17, 15) is 14.7 Å². The molecule has 188 valence electrons. The molecule has 0 aromatic heterocycles. The summed E-state index contributed by atoms with van der Waals surface area (Å²) in [5, 5.41) is 9.59. The summed E-state index contributed by atoms with van der Waals surface area (Å²) in [6.07, 6.45) is 8.92. The van der Waals surface area contributed by atoms with Gasteiger partial charge < -0.3 is 14.6 Å². The van der Waals surface area contributed by atoms with Gasteiger partial charge in [-0.25, -0.2) is 4.79 Å². The average Bonchev–Trinajstić information content (AvgIpc) is 3.03. The van der Waals surface area contributed by atoms with Gasteiger partial charge in [0.1, 0.15) is 10.4 Å².